The van der Waals surface area contributed by atoms with E-state index in [2.05, 4.69) is 4.74 Å². The summed E-state index contributed by atoms with van der Waals surface area (Å²) in [6, 6.07) is 0. The lowest BCUT2D eigenvalue weighted by Crippen LogP contribution is -2.37. The van der Waals surface area contributed by atoms with Gasteiger partial charge in [-0.05, 0) is 20.8 Å². The average molecular weight is 251 g/mol. The standard InChI is InChI=1S/C9H16O6S/c1-6(7(10)14-4)8(11)15-9(2,3)5-16(12)13/h6H,5H2,1-4H3,(H,12,13)/p-1. The number of rotatable bonds is 5. The SMILES string of the molecule is COC(=O)C(C)C(=O)OC(C)(C)CS(=O)[O-]. The molecule has 0 aliphatic rings. The van der Waals surface area contributed by atoms with Crippen molar-refractivity contribution >= 4 is 23.0 Å². The Morgan fingerprint density at radius 3 is 2.25 bits per heavy atom. The van der Waals surface area contributed by atoms with Crippen LogP contribution < -0.4 is 0 Å². The zero-order valence-corrected chi connectivity index (χ0v) is 10.5. The van der Waals surface area contributed by atoms with Gasteiger partial charge in [-0.2, -0.15) is 0 Å². The Bertz CT molecular complexity index is 298. The van der Waals surface area contributed by atoms with Crippen LogP contribution in [0.4, 0.5) is 0 Å². The third-order valence-corrected chi connectivity index (χ3v) is 2.68. The highest BCUT2D eigenvalue weighted by Crippen LogP contribution is 2.14. The highest BCUT2D eigenvalue weighted by molar-refractivity contribution is 7.79. The van der Waals surface area contributed by atoms with Crippen LogP contribution in [0.15, 0.2) is 0 Å². The first-order valence-electron chi connectivity index (χ1n) is 4.56. The van der Waals surface area contributed by atoms with Gasteiger partial charge >= 0.3 is 11.9 Å². The lowest BCUT2D eigenvalue weighted by molar-refractivity contribution is -0.166. The van der Waals surface area contributed by atoms with Gasteiger partial charge in [0.1, 0.15) is 5.60 Å². The lowest BCUT2D eigenvalue weighted by atomic mass is 10.1. The first-order valence-corrected chi connectivity index (χ1v) is 5.80. The van der Waals surface area contributed by atoms with Crippen molar-refractivity contribution in [3.8, 4) is 0 Å². The van der Waals surface area contributed by atoms with Crippen LogP contribution in [-0.4, -0.2) is 39.2 Å². The van der Waals surface area contributed by atoms with Crippen LogP contribution in [0.25, 0.3) is 0 Å². The Hall–Kier alpha value is -0.950. The largest absolute Gasteiger partial charge is 0.772 e. The fourth-order valence-corrected chi connectivity index (χ4v) is 1.57. The molecule has 0 aromatic heterocycles. The number of esters is 2. The molecule has 0 saturated heterocycles. The normalized spacial score (nSPS) is 15.1. The van der Waals surface area contributed by atoms with Gasteiger partial charge in [-0.1, -0.05) is 11.1 Å². The van der Waals surface area contributed by atoms with Crippen LogP contribution in [0.2, 0.25) is 0 Å². The second kappa shape index (κ2) is 5.95. The molecule has 0 aromatic rings. The van der Waals surface area contributed by atoms with Gasteiger partial charge in [0.05, 0.1) is 7.11 Å². The summed E-state index contributed by atoms with van der Waals surface area (Å²) >= 11 is -2.32. The zero-order valence-electron chi connectivity index (χ0n) is 9.64. The predicted octanol–water partition coefficient (Wildman–Crippen LogP) is -0.00360. The zero-order chi connectivity index (χ0) is 12.9. The molecule has 0 aliphatic carbocycles. The van der Waals surface area contributed by atoms with Crippen molar-refractivity contribution in [1.82, 2.24) is 0 Å². The Labute approximate surface area is 96.6 Å². The maximum atomic E-state index is 11.4. The van der Waals surface area contributed by atoms with E-state index in [0.717, 1.165) is 7.11 Å². The van der Waals surface area contributed by atoms with Crippen molar-refractivity contribution in [1.29, 1.82) is 0 Å². The number of ether oxygens (including phenoxy) is 2. The van der Waals surface area contributed by atoms with Gasteiger partial charge in [0, 0.05) is 5.75 Å². The van der Waals surface area contributed by atoms with Gasteiger partial charge in [0.15, 0.2) is 5.92 Å². The minimum absolute atomic E-state index is 0.327. The second-order valence-corrected chi connectivity index (χ2v) is 4.77. The van der Waals surface area contributed by atoms with Crippen molar-refractivity contribution in [3.05, 3.63) is 0 Å². The molecular formula is C9H15O6S-. The molecular weight excluding hydrogens is 236 g/mol. The summed E-state index contributed by atoms with van der Waals surface area (Å²) in [6.45, 7) is 4.23. The van der Waals surface area contributed by atoms with Crippen molar-refractivity contribution < 1.29 is 27.8 Å². The fourth-order valence-electron chi connectivity index (χ4n) is 0.947. The summed E-state index contributed by atoms with van der Waals surface area (Å²) in [5.74, 6) is -2.91. The summed E-state index contributed by atoms with van der Waals surface area (Å²) < 4.78 is 30.2. The van der Waals surface area contributed by atoms with Gasteiger partial charge in [0.25, 0.3) is 0 Å². The van der Waals surface area contributed by atoms with E-state index in [1.807, 2.05) is 0 Å². The van der Waals surface area contributed by atoms with Crippen LogP contribution in [0.3, 0.4) is 0 Å². The quantitative estimate of drug-likeness (QED) is 0.388. The first kappa shape index (κ1) is 15.0. The molecule has 2 atom stereocenters. The molecule has 0 heterocycles. The van der Waals surface area contributed by atoms with Gasteiger partial charge in [-0.15, -0.1) is 0 Å². The minimum atomic E-state index is -2.32. The monoisotopic (exact) mass is 251 g/mol. The van der Waals surface area contributed by atoms with E-state index in [9.17, 15) is 18.4 Å². The summed E-state index contributed by atoms with van der Waals surface area (Å²) in [4.78, 5) is 22.4. The van der Waals surface area contributed by atoms with E-state index in [4.69, 9.17) is 4.74 Å². The Morgan fingerprint density at radius 1 is 1.38 bits per heavy atom. The molecule has 94 valence electrons. The van der Waals surface area contributed by atoms with Gasteiger partial charge in [-0.25, -0.2) is 0 Å². The molecule has 6 nitrogen and oxygen atoms in total. The van der Waals surface area contributed by atoms with E-state index in [1.165, 1.54) is 20.8 Å². The fraction of sp³-hybridized carbons (Fsp3) is 0.778. The molecule has 0 saturated carbocycles. The van der Waals surface area contributed by atoms with Gasteiger partial charge in [-0.3, -0.25) is 13.8 Å². The number of hydrogen-bond donors (Lipinski definition) is 0. The summed E-state index contributed by atoms with van der Waals surface area (Å²) in [6.07, 6.45) is 0. The van der Waals surface area contributed by atoms with Gasteiger partial charge in [0.2, 0.25) is 0 Å². The van der Waals surface area contributed by atoms with Crippen molar-refractivity contribution in [2.45, 2.75) is 26.4 Å². The predicted molar refractivity (Wildman–Crippen MR) is 55.1 cm³/mol. The molecule has 7 heteroatoms. The van der Waals surface area contributed by atoms with Crippen LogP contribution in [-0.2, 0) is 30.1 Å². The van der Waals surface area contributed by atoms with Crippen LogP contribution in [0, 0.1) is 5.92 Å². The van der Waals surface area contributed by atoms with Gasteiger partial charge < -0.3 is 14.0 Å². The number of hydrogen-bond acceptors (Lipinski definition) is 6. The number of carbonyl (C=O) groups excluding carboxylic acids is 2. The summed E-state index contributed by atoms with van der Waals surface area (Å²) in [5, 5.41) is 0. The topological polar surface area (TPSA) is 92.7 Å². The van der Waals surface area contributed by atoms with Crippen LogP contribution in [0.5, 0.6) is 0 Å². The van der Waals surface area contributed by atoms with Crippen LogP contribution in [0.1, 0.15) is 20.8 Å². The maximum absolute atomic E-state index is 11.4. The molecule has 0 rings (SSSR count). The van der Waals surface area contributed by atoms with E-state index in [-0.39, 0.29) is 5.75 Å². The molecule has 0 amide bonds. The smallest absolute Gasteiger partial charge is 0.320 e. The summed E-state index contributed by atoms with van der Waals surface area (Å²) in [7, 11) is 1.16. The molecule has 0 radical (unpaired) electrons. The lowest BCUT2D eigenvalue weighted by Gasteiger charge is -2.27. The third kappa shape index (κ3) is 5.22. The Kier molecular flexibility index (Phi) is 5.60. The van der Waals surface area contributed by atoms with Crippen molar-refractivity contribution in [3.63, 3.8) is 0 Å². The molecule has 0 aliphatic heterocycles. The van der Waals surface area contributed by atoms with Crippen molar-refractivity contribution in [2.24, 2.45) is 5.92 Å². The maximum Gasteiger partial charge on any atom is 0.320 e. The molecule has 0 fully saturated rings. The highest BCUT2D eigenvalue weighted by atomic mass is 32.2. The molecule has 0 spiro atoms. The van der Waals surface area contributed by atoms with E-state index < -0.39 is 34.5 Å². The molecule has 2 unspecified atom stereocenters. The minimum Gasteiger partial charge on any atom is -0.772 e. The third-order valence-electron chi connectivity index (χ3n) is 1.75. The molecule has 16 heavy (non-hydrogen) atoms. The van der Waals surface area contributed by atoms with Crippen molar-refractivity contribution in [2.75, 3.05) is 12.9 Å². The average Bonchev–Trinajstić information content (AvgIpc) is 2.12. The van der Waals surface area contributed by atoms with E-state index in [1.54, 1.807) is 0 Å². The second-order valence-electron chi connectivity index (χ2n) is 3.87. The Balaban J connectivity index is 4.43. The van der Waals surface area contributed by atoms with E-state index >= 15 is 0 Å². The molecule has 0 N–H and O–H groups in total. The van der Waals surface area contributed by atoms with E-state index in [0.29, 0.717) is 0 Å². The molecule has 0 aromatic carbocycles. The highest BCUT2D eigenvalue weighted by Gasteiger charge is 2.30. The summed E-state index contributed by atoms with van der Waals surface area (Å²) in [5.41, 5.74) is -1.16. The molecule has 0 bridgehead atoms. The number of carbonyl (C=O) groups is 2. The Morgan fingerprint density at radius 2 is 1.88 bits per heavy atom. The van der Waals surface area contributed by atoms with Crippen LogP contribution >= 0.6 is 0 Å². The number of methoxy groups -OCH3 is 1. The first-order chi connectivity index (χ1) is 7.19.